The van der Waals surface area contributed by atoms with Gasteiger partial charge >= 0.3 is 0 Å². The summed E-state index contributed by atoms with van der Waals surface area (Å²) in [6.07, 6.45) is 0. The summed E-state index contributed by atoms with van der Waals surface area (Å²) in [5, 5.41) is 9.18. The zero-order valence-corrected chi connectivity index (χ0v) is 11.3. The Labute approximate surface area is 113 Å². The summed E-state index contributed by atoms with van der Waals surface area (Å²) in [5.41, 5.74) is 6.05. The quantitative estimate of drug-likeness (QED) is 0.841. The van der Waals surface area contributed by atoms with E-state index in [9.17, 15) is 9.50 Å². The van der Waals surface area contributed by atoms with Gasteiger partial charge in [-0.2, -0.15) is 0 Å². The van der Waals surface area contributed by atoms with E-state index in [-0.39, 0.29) is 12.4 Å². The summed E-state index contributed by atoms with van der Waals surface area (Å²) in [4.78, 5) is 4.27. The minimum Gasteiger partial charge on any atom is -0.394 e. The summed E-state index contributed by atoms with van der Waals surface area (Å²) in [6, 6.07) is 6.86. The van der Waals surface area contributed by atoms with Crippen molar-refractivity contribution in [2.24, 2.45) is 5.73 Å². The van der Waals surface area contributed by atoms with Crippen molar-refractivity contribution >= 4 is 5.69 Å². The van der Waals surface area contributed by atoms with E-state index >= 15 is 0 Å². The van der Waals surface area contributed by atoms with Crippen molar-refractivity contribution < 1.29 is 9.50 Å². The molecule has 0 saturated carbocycles. The number of para-hydroxylation sites is 1. The van der Waals surface area contributed by atoms with Gasteiger partial charge in [0.05, 0.1) is 12.3 Å². The summed E-state index contributed by atoms with van der Waals surface area (Å²) < 4.78 is 13.7. The molecule has 1 aromatic rings. The summed E-state index contributed by atoms with van der Waals surface area (Å²) in [7, 11) is 0. The first-order valence-corrected chi connectivity index (χ1v) is 6.63. The number of aliphatic hydroxyl groups is 1. The number of nitrogens with zero attached hydrogens (tertiary/aromatic N) is 2. The Bertz CT molecular complexity index is 417. The number of rotatable bonds is 4. The molecule has 4 nitrogen and oxygen atoms in total. The van der Waals surface area contributed by atoms with Crippen molar-refractivity contribution in [3.05, 3.63) is 30.1 Å². The smallest absolute Gasteiger partial charge is 0.146 e. The van der Waals surface area contributed by atoms with Crippen molar-refractivity contribution in [1.82, 2.24) is 4.90 Å². The van der Waals surface area contributed by atoms with Crippen LogP contribution in [-0.4, -0.2) is 54.9 Å². The van der Waals surface area contributed by atoms with Crippen LogP contribution in [0.15, 0.2) is 24.3 Å². The van der Waals surface area contributed by atoms with Crippen LogP contribution in [0.5, 0.6) is 0 Å². The molecular weight excluding hydrogens is 245 g/mol. The zero-order chi connectivity index (χ0) is 13.9. The van der Waals surface area contributed by atoms with Gasteiger partial charge in [0.1, 0.15) is 5.82 Å². The standard InChI is InChI=1S/C14H22FN3O/c1-14(16,11-19)10-17-6-8-18(9-7-17)13-5-3-2-4-12(13)15/h2-5,19H,6-11,16H2,1H3. The van der Waals surface area contributed by atoms with Crippen molar-refractivity contribution in [2.45, 2.75) is 12.5 Å². The Morgan fingerprint density at radius 2 is 1.89 bits per heavy atom. The predicted molar refractivity (Wildman–Crippen MR) is 74.7 cm³/mol. The molecular formula is C14H22FN3O. The normalized spacial score (nSPS) is 20.3. The molecule has 1 heterocycles. The molecule has 2 rings (SSSR count). The molecule has 0 bridgehead atoms. The van der Waals surface area contributed by atoms with E-state index < -0.39 is 5.54 Å². The van der Waals surface area contributed by atoms with E-state index in [1.807, 2.05) is 19.1 Å². The highest BCUT2D eigenvalue weighted by Crippen LogP contribution is 2.20. The second-order valence-corrected chi connectivity index (χ2v) is 5.53. The van der Waals surface area contributed by atoms with Gasteiger partial charge in [-0.3, -0.25) is 4.90 Å². The van der Waals surface area contributed by atoms with Crippen LogP contribution in [0.25, 0.3) is 0 Å². The molecule has 0 aliphatic carbocycles. The first-order chi connectivity index (χ1) is 9.02. The fourth-order valence-corrected chi connectivity index (χ4v) is 2.42. The lowest BCUT2D eigenvalue weighted by Gasteiger charge is -2.39. The van der Waals surface area contributed by atoms with Gasteiger partial charge in [0, 0.05) is 38.3 Å². The van der Waals surface area contributed by atoms with Crippen LogP contribution in [0.2, 0.25) is 0 Å². The fraction of sp³-hybridized carbons (Fsp3) is 0.571. The van der Waals surface area contributed by atoms with E-state index in [0.29, 0.717) is 12.2 Å². The highest BCUT2D eigenvalue weighted by Gasteiger charge is 2.25. The molecule has 0 radical (unpaired) electrons. The number of halogens is 1. The Hall–Kier alpha value is -1.17. The van der Waals surface area contributed by atoms with Crippen LogP contribution in [0.4, 0.5) is 10.1 Å². The molecule has 1 aliphatic rings. The molecule has 106 valence electrons. The number of nitrogens with two attached hydrogens (primary N) is 1. The molecule has 1 saturated heterocycles. The third-order valence-corrected chi connectivity index (χ3v) is 3.51. The summed E-state index contributed by atoms with van der Waals surface area (Å²) >= 11 is 0. The number of piperazine rings is 1. The van der Waals surface area contributed by atoms with Crippen LogP contribution < -0.4 is 10.6 Å². The highest BCUT2D eigenvalue weighted by molar-refractivity contribution is 5.47. The molecule has 0 aromatic heterocycles. The lowest BCUT2D eigenvalue weighted by molar-refractivity contribution is 0.143. The first-order valence-electron chi connectivity index (χ1n) is 6.63. The van der Waals surface area contributed by atoms with E-state index in [0.717, 1.165) is 26.2 Å². The molecule has 1 aromatic carbocycles. The van der Waals surface area contributed by atoms with Gasteiger partial charge in [0.15, 0.2) is 0 Å². The average molecular weight is 267 g/mol. The van der Waals surface area contributed by atoms with E-state index in [2.05, 4.69) is 9.80 Å². The first kappa shape index (κ1) is 14.2. The largest absolute Gasteiger partial charge is 0.394 e. The van der Waals surface area contributed by atoms with Gasteiger partial charge in [-0.25, -0.2) is 4.39 Å². The number of anilines is 1. The Balaban J connectivity index is 1.91. The van der Waals surface area contributed by atoms with Crippen LogP contribution in [0, 0.1) is 5.82 Å². The van der Waals surface area contributed by atoms with Gasteiger partial charge in [-0.15, -0.1) is 0 Å². The van der Waals surface area contributed by atoms with Crippen LogP contribution in [0.1, 0.15) is 6.92 Å². The lowest BCUT2D eigenvalue weighted by Crippen LogP contribution is -2.55. The van der Waals surface area contributed by atoms with E-state index in [1.54, 1.807) is 6.07 Å². The van der Waals surface area contributed by atoms with Crippen LogP contribution in [0.3, 0.4) is 0 Å². The Morgan fingerprint density at radius 1 is 1.26 bits per heavy atom. The minimum atomic E-state index is -0.569. The van der Waals surface area contributed by atoms with Gasteiger partial charge < -0.3 is 15.7 Å². The Kier molecular flexibility index (Phi) is 4.39. The third kappa shape index (κ3) is 3.65. The van der Waals surface area contributed by atoms with E-state index in [1.165, 1.54) is 6.07 Å². The average Bonchev–Trinajstić information content (AvgIpc) is 2.40. The molecule has 0 amide bonds. The number of hydrogen-bond acceptors (Lipinski definition) is 4. The van der Waals surface area contributed by atoms with Crippen LogP contribution in [-0.2, 0) is 0 Å². The number of hydrogen-bond donors (Lipinski definition) is 2. The minimum absolute atomic E-state index is 0.0273. The second-order valence-electron chi connectivity index (χ2n) is 5.53. The fourth-order valence-electron chi connectivity index (χ4n) is 2.42. The summed E-state index contributed by atoms with van der Waals surface area (Å²) in [6.45, 7) is 5.71. The van der Waals surface area contributed by atoms with Gasteiger partial charge in [-0.05, 0) is 19.1 Å². The molecule has 1 aliphatic heterocycles. The molecule has 3 N–H and O–H groups in total. The molecule has 1 unspecified atom stereocenters. The maximum absolute atomic E-state index is 13.7. The molecule has 1 fully saturated rings. The summed E-state index contributed by atoms with van der Waals surface area (Å²) in [5.74, 6) is -0.171. The third-order valence-electron chi connectivity index (χ3n) is 3.51. The molecule has 1 atom stereocenters. The monoisotopic (exact) mass is 267 g/mol. The van der Waals surface area contributed by atoms with Gasteiger partial charge in [0.25, 0.3) is 0 Å². The van der Waals surface area contributed by atoms with Crippen molar-refractivity contribution in [2.75, 3.05) is 44.2 Å². The topological polar surface area (TPSA) is 52.7 Å². The molecule has 19 heavy (non-hydrogen) atoms. The number of benzene rings is 1. The van der Waals surface area contributed by atoms with Gasteiger partial charge in [0.2, 0.25) is 0 Å². The van der Waals surface area contributed by atoms with Crippen molar-refractivity contribution in [3.63, 3.8) is 0 Å². The highest BCUT2D eigenvalue weighted by atomic mass is 19.1. The number of aliphatic hydroxyl groups excluding tert-OH is 1. The zero-order valence-electron chi connectivity index (χ0n) is 11.3. The van der Waals surface area contributed by atoms with Crippen LogP contribution >= 0.6 is 0 Å². The molecule has 5 heteroatoms. The maximum Gasteiger partial charge on any atom is 0.146 e. The molecule has 0 spiro atoms. The van der Waals surface area contributed by atoms with Crippen molar-refractivity contribution in [3.8, 4) is 0 Å². The maximum atomic E-state index is 13.7. The van der Waals surface area contributed by atoms with Crippen molar-refractivity contribution in [1.29, 1.82) is 0 Å². The second kappa shape index (κ2) is 5.86. The SMILES string of the molecule is CC(N)(CO)CN1CCN(c2ccccc2F)CC1. The lowest BCUT2D eigenvalue weighted by atomic mass is 10.0. The van der Waals surface area contributed by atoms with Gasteiger partial charge in [-0.1, -0.05) is 12.1 Å². The van der Waals surface area contributed by atoms with E-state index in [4.69, 9.17) is 5.73 Å². The Morgan fingerprint density at radius 3 is 2.47 bits per heavy atom. The predicted octanol–water partition coefficient (Wildman–Crippen LogP) is 0.657.